The first-order chi connectivity index (χ1) is 12.0. The van der Waals surface area contributed by atoms with Gasteiger partial charge in [0.25, 0.3) is 0 Å². The number of furan rings is 1. The van der Waals surface area contributed by atoms with E-state index in [1.54, 1.807) is 26.4 Å². The van der Waals surface area contributed by atoms with Crippen molar-refractivity contribution in [2.75, 3.05) is 26.0 Å². The molecule has 25 heavy (non-hydrogen) atoms. The van der Waals surface area contributed by atoms with E-state index in [0.717, 1.165) is 11.3 Å². The highest BCUT2D eigenvalue weighted by Crippen LogP contribution is 2.12. The summed E-state index contributed by atoms with van der Waals surface area (Å²) in [6.45, 7) is 1.09. The molecule has 0 aliphatic heterocycles. The van der Waals surface area contributed by atoms with Gasteiger partial charge in [0.2, 0.25) is 5.91 Å². The number of ether oxygens (including phenoxy) is 1. The lowest BCUT2D eigenvalue weighted by atomic mass is 10.2. The summed E-state index contributed by atoms with van der Waals surface area (Å²) >= 11 is 0. The van der Waals surface area contributed by atoms with Gasteiger partial charge in [-0.3, -0.25) is 4.79 Å². The summed E-state index contributed by atoms with van der Waals surface area (Å²) in [6, 6.07) is 10.7. The minimum atomic E-state index is -0.347. The van der Waals surface area contributed by atoms with Crippen molar-refractivity contribution in [1.82, 2.24) is 10.2 Å². The maximum absolute atomic E-state index is 11.9. The standard InChI is InChI=1S/C18H23N3O4/c1-21(2)17(22)8-9-19-18(23)20-15-6-3-5-14(11-15)12-24-13-16-7-4-10-25-16/h3-7,10-11H,8-9,12-13H2,1-2H3,(H2,19,20,23). The highest BCUT2D eigenvalue weighted by atomic mass is 16.5. The first-order valence-electron chi connectivity index (χ1n) is 7.98. The number of hydrogen-bond acceptors (Lipinski definition) is 4. The number of benzene rings is 1. The Hall–Kier alpha value is -2.80. The van der Waals surface area contributed by atoms with Crippen LogP contribution < -0.4 is 10.6 Å². The second-order valence-corrected chi connectivity index (χ2v) is 5.69. The van der Waals surface area contributed by atoms with Crippen LogP contribution in [0.3, 0.4) is 0 Å². The Kier molecular flexibility index (Phi) is 7.03. The zero-order valence-corrected chi connectivity index (χ0v) is 14.5. The van der Waals surface area contributed by atoms with Gasteiger partial charge < -0.3 is 24.7 Å². The van der Waals surface area contributed by atoms with Crippen molar-refractivity contribution >= 4 is 17.6 Å². The fourth-order valence-corrected chi connectivity index (χ4v) is 2.08. The first kappa shape index (κ1) is 18.5. The molecule has 2 rings (SSSR count). The average molecular weight is 345 g/mol. The average Bonchev–Trinajstić information content (AvgIpc) is 3.08. The number of amides is 3. The van der Waals surface area contributed by atoms with E-state index in [1.165, 1.54) is 4.90 Å². The summed E-state index contributed by atoms with van der Waals surface area (Å²) in [7, 11) is 3.36. The molecule has 0 saturated carbocycles. The van der Waals surface area contributed by atoms with Gasteiger partial charge in [-0.1, -0.05) is 12.1 Å². The molecule has 0 saturated heterocycles. The molecule has 0 atom stereocenters. The summed E-state index contributed by atoms with van der Waals surface area (Å²) in [5.74, 6) is 0.733. The monoisotopic (exact) mass is 345 g/mol. The minimum absolute atomic E-state index is 0.0315. The maximum atomic E-state index is 11.9. The molecule has 7 nitrogen and oxygen atoms in total. The van der Waals surface area contributed by atoms with Crippen LogP contribution >= 0.6 is 0 Å². The third-order valence-corrected chi connectivity index (χ3v) is 3.40. The van der Waals surface area contributed by atoms with E-state index in [2.05, 4.69) is 10.6 Å². The van der Waals surface area contributed by atoms with E-state index in [-0.39, 0.29) is 24.9 Å². The zero-order chi connectivity index (χ0) is 18.1. The summed E-state index contributed by atoms with van der Waals surface area (Å²) in [6.07, 6.45) is 1.87. The zero-order valence-electron chi connectivity index (χ0n) is 14.5. The molecule has 7 heteroatoms. The molecule has 3 amide bonds. The number of nitrogens with zero attached hydrogens (tertiary/aromatic N) is 1. The van der Waals surface area contributed by atoms with E-state index in [1.807, 2.05) is 30.3 Å². The van der Waals surface area contributed by atoms with Gasteiger partial charge in [0.15, 0.2) is 0 Å². The molecule has 0 unspecified atom stereocenters. The lowest BCUT2D eigenvalue weighted by Crippen LogP contribution is -2.33. The van der Waals surface area contributed by atoms with E-state index in [0.29, 0.717) is 18.9 Å². The predicted octanol–water partition coefficient (Wildman–Crippen LogP) is 2.60. The summed E-state index contributed by atoms with van der Waals surface area (Å²) in [5, 5.41) is 5.40. The van der Waals surface area contributed by atoms with E-state index < -0.39 is 0 Å². The first-order valence-corrected chi connectivity index (χ1v) is 7.98. The number of urea groups is 1. The van der Waals surface area contributed by atoms with E-state index in [9.17, 15) is 9.59 Å². The van der Waals surface area contributed by atoms with Crippen LogP contribution in [0.15, 0.2) is 47.1 Å². The van der Waals surface area contributed by atoms with Crippen molar-refractivity contribution < 1.29 is 18.7 Å². The van der Waals surface area contributed by atoms with Gasteiger partial charge in [0, 0.05) is 32.7 Å². The summed E-state index contributed by atoms with van der Waals surface area (Å²) in [4.78, 5) is 24.8. The Morgan fingerprint density at radius 3 is 2.72 bits per heavy atom. The number of anilines is 1. The van der Waals surface area contributed by atoms with Gasteiger partial charge in [-0.05, 0) is 29.8 Å². The maximum Gasteiger partial charge on any atom is 0.319 e. The Balaban J connectivity index is 1.74. The number of hydrogen-bond donors (Lipinski definition) is 2. The van der Waals surface area contributed by atoms with Crippen molar-refractivity contribution in [1.29, 1.82) is 0 Å². The van der Waals surface area contributed by atoms with Crippen molar-refractivity contribution in [3.63, 3.8) is 0 Å². The molecule has 2 aromatic rings. The van der Waals surface area contributed by atoms with Crippen LogP contribution in [0.4, 0.5) is 10.5 Å². The van der Waals surface area contributed by atoms with Gasteiger partial charge in [0.05, 0.1) is 12.9 Å². The van der Waals surface area contributed by atoms with Crippen LogP contribution in [-0.2, 0) is 22.7 Å². The van der Waals surface area contributed by atoms with Crippen LogP contribution in [-0.4, -0.2) is 37.5 Å². The van der Waals surface area contributed by atoms with Crippen molar-refractivity contribution in [2.45, 2.75) is 19.6 Å². The SMILES string of the molecule is CN(C)C(=O)CCNC(=O)Nc1cccc(COCc2ccco2)c1. The Morgan fingerprint density at radius 1 is 1.16 bits per heavy atom. The molecule has 0 spiro atoms. The number of rotatable bonds is 8. The fraction of sp³-hybridized carbons (Fsp3) is 0.333. The van der Waals surface area contributed by atoms with Crippen LogP contribution in [0.5, 0.6) is 0 Å². The highest BCUT2D eigenvalue weighted by molar-refractivity contribution is 5.89. The lowest BCUT2D eigenvalue weighted by Gasteiger charge is -2.11. The lowest BCUT2D eigenvalue weighted by molar-refractivity contribution is -0.128. The molecule has 0 aliphatic carbocycles. The van der Waals surface area contributed by atoms with Crippen LogP contribution in [0, 0.1) is 0 Å². The molecule has 0 aliphatic rings. The number of carbonyl (C=O) groups excluding carboxylic acids is 2. The van der Waals surface area contributed by atoms with Gasteiger partial charge in [-0.15, -0.1) is 0 Å². The van der Waals surface area contributed by atoms with Crippen molar-refractivity contribution in [2.24, 2.45) is 0 Å². The summed E-state index contributed by atoms with van der Waals surface area (Å²) < 4.78 is 10.8. The molecular formula is C18H23N3O4. The Labute approximate surface area is 146 Å². The molecule has 1 heterocycles. The van der Waals surface area contributed by atoms with Crippen molar-refractivity contribution in [3.8, 4) is 0 Å². The highest BCUT2D eigenvalue weighted by Gasteiger charge is 2.06. The molecule has 1 aromatic carbocycles. The Morgan fingerprint density at radius 2 is 2.00 bits per heavy atom. The van der Waals surface area contributed by atoms with Crippen molar-refractivity contribution in [3.05, 3.63) is 54.0 Å². The van der Waals surface area contributed by atoms with Crippen LogP contribution in [0.25, 0.3) is 0 Å². The van der Waals surface area contributed by atoms with Gasteiger partial charge >= 0.3 is 6.03 Å². The molecule has 0 fully saturated rings. The molecule has 0 bridgehead atoms. The molecule has 1 aromatic heterocycles. The topological polar surface area (TPSA) is 83.8 Å². The Bertz CT molecular complexity index is 683. The second kappa shape index (κ2) is 9.48. The summed E-state index contributed by atoms with van der Waals surface area (Å²) in [5.41, 5.74) is 1.60. The second-order valence-electron chi connectivity index (χ2n) is 5.69. The quantitative estimate of drug-likeness (QED) is 0.770. The fourth-order valence-electron chi connectivity index (χ4n) is 2.08. The van der Waals surface area contributed by atoms with Crippen LogP contribution in [0.1, 0.15) is 17.7 Å². The molecular weight excluding hydrogens is 322 g/mol. The molecule has 0 radical (unpaired) electrons. The van der Waals surface area contributed by atoms with Gasteiger partial charge in [-0.25, -0.2) is 4.79 Å². The third kappa shape index (κ3) is 6.68. The van der Waals surface area contributed by atoms with E-state index >= 15 is 0 Å². The predicted molar refractivity (Wildman–Crippen MR) is 94.0 cm³/mol. The third-order valence-electron chi connectivity index (χ3n) is 3.40. The van der Waals surface area contributed by atoms with E-state index in [4.69, 9.17) is 9.15 Å². The van der Waals surface area contributed by atoms with Gasteiger partial charge in [-0.2, -0.15) is 0 Å². The largest absolute Gasteiger partial charge is 0.467 e. The minimum Gasteiger partial charge on any atom is -0.467 e. The smallest absolute Gasteiger partial charge is 0.319 e. The molecule has 134 valence electrons. The number of nitrogens with one attached hydrogen (secondary N) is 2. The molecule has 2 N–H and O–H groups in total. The van der Waals surface area contributed by atoms with Gasteiger partial charge in [0.1, 0.15) is 12.4 Å². The normalized spacial score (nSPS) is 10.3. The number of carbonyl (C=O) groups is 2. The van der Waals surface area contributed by atoms with Crippen LogP contribution in [0.2, 0.25) is 0 Å².